The molecule has 86 valence electrons. The Kier molecular flexibility index (Phi) is 3.68. The summed E-state index contributed by atoms with van der Waals surface area (Å²) in [5, 5.41) is 2.70. The Morgan fingerprint density at radius 2 is 1.88 bits per heavy atom. The molecule has 0 spiro atoms. The summed E-state index contributed by atoms with van der Waals surface area (Å²) in [7, 11) is 0. The van der Waals surface area contributed by atoms with E-state index in [4.69, 9.17) is 0 Å². The minimum absolute atomic E-state index is 0.307. The summed E-state index contributed by atoms with van der Waals surface area (Å²) in [6, 6.07) is 9.93. The molecule has 1 heterocycles. The Bertz CT molecular complexity index is 525. The third-order valence-corrected chi connectivity index (χ3v) is 2.81. The largest absolute Gasteiger partial charge is 0.322 e. The SMILES string of the molecule is O=C(Nc1ccc(I)cc1)c1ccc(F)nc1. The molecule has 0 bridgehead atoms. The van der Waals surface area contributed by atoms with Crippen molar-refractivity contribution in [1.82, 2.24) is 4.98 Å². The molecule has 0 radical (unpaired) electrons. The Balaban J connectivity index is 2.11. The highest BCUT2D eigenvalue weighted by atomic mass is 127. The minimum atomic E-state index is -0.601. The first-order valence-electron chi connectivity index (χ1n) is 4.83. The summed E-state index contributed by atoms with van der Waals surface area (Å²) in [6.45, 7) is 0. The Labute approximate surface area is 111 Å². The number of nitrogens with one attached hydrogen (secondary N) is 1. The molecule has 17 heavy (non-hydrogen) atoms. The van der Waals surface area contributed by atoms with Gasteiger partial charge in [0, 0.05) is 15.5 Å². The van der Waals surface area contributed by atoms with E-state index in [-0.39, 0.29) is 5.91 Å². The van der Waals surface area contributed by atoms with Gasteiger partial charge in [0.05, 0.1) is 5.56 Å². The van der Waals surface area contributed by atoms with Gasteiger partial charge in [0.25, 0.3) is 5.91 Å². The topological polar surface area (TPSA) is 42.0 Å². The van der Waals surface area contributed by atoms with Crippen molar-refractivity contribution in [2.24, 2.45) is 0 Å². The molecule has 3 nitrogen and oxygen atoms in total. The predicted octanol–water partition coefficient (Wildman–Crippen LogP) is 3.08. The molecule has 0 atom stereocenters. The van der Waals surface area contributed by atoms with Crippen LogP contribution in [0.2, 0.25) is 0 Å². The summed E-state index contributed by atoms with van der Waals surface area (Å²) < 4.78 is 13.7. The highest BCUT2D eigenvalue weighted by Crippen LogP contribution is 2.12. The van der Waals surface area contributed by atoms with Gasteiger partial charge in [0.1, 0.15) is 0 Å². The van der Waals surface area contributed by atoms with Gasteiger partial charge in [-0.15, -0.1) is 0 Å². The van der Waals surface area contributed by atoms with Crippen molar-refractivity contribution in [2.45, 2.75) is 0 Å². The third kappa shape index (κ3) is 3.23. The average molecular weight is 342 g/mol. The normalized spacial score (nSPS) is 10.0. The van der Waals surface area contributed by atoms with E-state index in [1.54, 1.807) is 12.1 Å². The van der Waals surface area contributed by atoms with Crippen LogP contribution in [-0.2, 0) is 0 Å². The van der Waals surface area contributed by atoms with Crippen molar-refractivity contribution >= 4 is 34.2 Å². The van der Waals surface area contributed by atoms with Gasteiger partial charge in [-0.3, -0.25) is 4.79 Å². The molecule has 0 fully saturated rings. The summed E-state index contributed by atoms with van der Waals surface area (Å²) in [4.78, 5) is 15.2. The number of benzene rings is 1. The van der Waals surface area contributed by atoms with Gasteiger partial charge in [-0.2, -0.15) is 4.39 Å². The number of aromatic nitrogens is 1. The number of rotatable bonds is 2. The zero-order valence-electron chi connectivity index (χ0n) is 8.65. The first kappa shape index (κ1) is 12.0. The molecular weight excluding hydrogens is 334 g/mol. The summed E-state index contributed by atoms with van der Waals surface area (Å²) in [5.74, 6) is -0.908. The van der Waals surface area contributed by atoms with Crippen LogP contribution in [0, 0.1) is 9.52 Å². The maximum absolute atomic E-state index is 12.6. The lowest BCUT2D eigenvalue weighted by Gasteiger charge is -2.04. The van der Waals surface area contributed by atoms with E-state index in [0.29, 0.717) is 11.3 Å². The van der Waals surface area contributed by atoms with Crippen LogP contribution in [0.1, 0.15) is 10.4 Å². The van der Waals surface area contributed by atoms with Crippen molar-refractivity contribution in [3.05, 3.63) is 57.7 Å². The van der Waals surface area contributed by atoms with E-state index in [9.17, 15) is 9.18 Å². The van der Waals surface area contributed by atoms with Crippen LogP contribution < -0.4 is 5.32 Å². The standard InChI is InChI=1S/C12H8FIN2O/c13-11-6-1-8(7-15-11)12(17)16-10-4-2-9(14)3-5-10/h1-7H,(H,16,17). The zero-order chi connectivity index (χ0) is 12.3. The van der Waals surface area contributed by atoms with Gasteiger partial charge in [0.15, 0.2) is 0 Å². The van der Waals surface area contributed by atoms with Crippen molar-refractivity contribution in [3.63, 3.8) is 0 Å². The Morgan fingerprint density at radius 1 is 1.18 bits per heavy atom. The molecule has 1 aromatic carbocycles. The molecule has 0 aliphatic carbocycles. The highest BCUT2D eigenvalue weighted by Gasteiger charge is 2.06. The molecule has 1 aromatic heterocycles. The van der Waals surface area contributed by atoms with Crippen LogP contribution in [0.15, 0.2) is 42.6 Å². The Morgan fingerprint density at radius 3 is 2.47 bits per heavy atom. The van der Waals surface area contributed by atoms with Crippen LogP contribution in [0.25, 0.3) is 0 Å². The number of carbonyl (C=O) groups excluding carboxylic acids is 1. The molecule has 0 unspecified atom stereocenters. The molecule has 5 heteroatoms. The van der Waals surface area contributed by atoms with Crippen LogP contribution in [0.3, 0.4) is 0 Å². The summed E-state index contributed by atoms with van der Waals surface area (Å²) in [5.41, 5.74) is 1.02. The lowest BCUT2D eigenvalue weighted by Crippen LogP contribution is -2.12. The minimum Gasteiger partial charge on any atom is -0.322 e. The second-order valence-corrected chi connectivity index (χ2v) is 4.58. The van der Waals surface area contributed by atoms with Gasteiger partial charge in [0.2, 0.25) is 5.95 Å². The molecule has 2 rings (SSSR count). The second kappa shape index (κ2) is 5.22. The first-order chi connectivity index (χ1) is 8.15. The number of amides is 1. The van der Waals surface area contributed by atoms with E-state index in [1.165, 1.54) is 12.3 Å². The van der Waals surface area contributed by atoms with Crippen LogP contribution in [0.5, 0.6) is 0 Å². The molecule has 0 saturated heterocycles. The smallest absolute Gasteiger partial charge is 0.257 e. The van der Waals surface area contributed by atoms with Gasteiger partial charge in [-0.05, 0) is 59.0 Å². The van der Waals surface area contributed by atoms with Gasteiger partial charge in [-0.25, -0.2) is 4.98 Å². The molecule has 1 amide bonds. The fourth-order valence-electron chi connectivity index (χ4n) is 1.25. The lowest BCUT2D eigenvalue weighted by molar-refractivity contribution is 0.102. The van der Waals surface area contributed by atoms with Crippen LogP contribution >= 0.6 is 22.6 Å². The van der Waals surface area contributed by atoms with Crippen molar-refractivity contribution < 1.29 is 9.18 Å². The van der Waals surface area contributed by atoms with E-state index >= 15 is 0 Å². The molecule has 0 saturated carbocycles. The molecule has 0 aliphatic rings. The van der Waals surface area contributed by atoms with Crippen molar-refractivity contribution in [1.29, 1.82) is 0 Å². The van der Waals surface area contributed by atoms with Crippen molar-refractivity contribution in [3.8, 4) is 0 Å². The number of hydrogen-bond acceptors (Lipinski definition) is 2. The number of halogens is 2. The average Bonchev–Trinajstić information content (AvgIpc) is 2.33. The number of carbonyl (C=O) groups is 1. The van der Waals surface area contributed by atoms with E-state index in [1.807, 2.05) is 12.1 Å². The summed E-state index contributed by atoms with van der Waals surface area (Å²) in [6.07, 6.45) is 1.21. The maximum Gasteiger partial charge on any atom is 0.257 e. The van der Waals surface area contributed by atoms with Crippen molar-refractivity contribution in [2.75, 3.05) is 5.32 Å². The van der Waals surface area contributed by atoms with E-state index in [0.717, 1.165) is 9.64 Å². The quantitative estimate of drug-likeness (QED) is 0.673. The van der Waals surface area contributed by atoms with Crippen LogP contribution in [-0.4, -0.2) is 10.9 Å². The molecule has 0 aliphatic heterocycles. The van der Waals surface area contributed by atoms with E-state index < -0.39 is 5.95 Å². The molecular formula is C12H8FIN2O. The molecule has 1 N–H and O–H groups in total. The molecule has 2 aromatic rings. The fraction of sp³-hybridized carbons (Fsp3) is 0. The summed E-state index contributed by atoms with van der Waals surface area (Å²) >= 11 is 2.18. The monoisotopic (exact) mass is 342 g/mol. The second-order valence-electron chi connectivity index (χ2n) is 3.33. The first-order valence-corrected chi connectivity index (χ1v) is 5.91. The number of pyridine rings is 1. The number of anilines is 1. The van der Waals surface area contributed by atoms with Gasteiger partial charge in [-0.1, -0.05) is 0 Å². The maximum atomic E-state index is 12.6. The zero-order valence-corrected chi connectivity index (χ0v) is 10.8. The lowest BCUT2D eigenvalue weighted by atomic mass is 10.2. The van der Waals surface area contributed by atoms with Gasteiger partial charge >= 0.3 is 0 Å². The van der Waals surface area contributed by atoms with Gasteiger partial charge < -0.3 is 5.32 Å². The number of hydrogen-bond donors (Lipinski definition) is 1. The van der Waals surface area contributed by atoms with E-state index in [2.05, 4.69) is 32.9 Å². The number of nitrogens with zero attached hydrogens (tertiary/aromatic N) is 1. The predicted molar refractivity (Wildman–Crippen MR) is 71.3 cm³/mol. The Hall–Kier alpha value is -1.50. The fourth-order valence-corrected chi connectivity index (χ4v) is 1.61. The van der Waals surface area contributed by atoms with Crippen LogP contribution in [0.4, 0.5) is 10.1 Å². The highest BCUT2D eigenvalue weighted by molar-refractivity contribution is 14.1. The third-order valence-electron chi connectivity index (χ3n) is 2.09.